The maximum absolute atomic E-state index is 11.5. The summed E-state index contributed by atoms with van der Waals surface area (Å²) in [7, 11) is 0. The number of nitrogens with one attached hydrogen (secondary N) is 2. The highest BCUT2D eigenvalue weighted by Crippen LogP contribution is 2.19. The van der Waals surface area contributed by atoms with E-state index in [1.165, 1.54) is 6.08 Å². The van der Waals surface area contributed by atoms with Crippen LogP contribution < -0.4 is 10.6 Å². The van der Waals surface area contributed by atoms with Gasteiger partial charge in [-0.05, 0) is 19.8 Å². The molecule has 1 rings (SSSR count). The van der Waals surface area contributed by atoms with Gasteiger partial charge in [0.05, 0.1) is 6.10 Å². The number of carboxylic acids is 1. The van der Waals surface area contributed by atoms with Crippen LogP contribution in [-0.2, 0) is 9.53 Å². The molecule has 0 aromatic carbocycles. The fourth-order valence-corrected chi connectivity index (χ4v) is 1.87. The van der Waals surface area contributed by atoms with Crippen LogP contribution >= 0.6 is 0 Å². The second-order valence-corrected chi connectivity index (χ2v) is 4.39. The molecule has 1 heterocycles. The van der Waals surface area contributed by atoms with Crippen LogP contribution in [-0.4, -0.2) is 42.4 Å². The molecular formula is C12H20N2O4. The van der Waals surface area contributed by atoms with Crippen molar-refractivity contribution in [3.8, 4) is 0 Å². The Morgan fingerprint density at radius 2 is 2.33 bits per heavy atom. The molecule has 1 saturated heterocycles. The molecule has 1 fully saturated rings. The lowest BCUT2D eigenvalue weighted by molar-refractivity contribution is -0.139. The number of aliphatic carboxylic acids is 1. The van der Waals surface area contributed by atoms with Crippen LogP contribution in [0.5, 0.6) is 0 Å². The van der Waals surface area contributed by atoms with Gasteiger partial charge in [0, 0.05) is 19.1 Å². The zero-order chi connectivity index (χ0) is 13.5. The Hall–Kier alpha value is -1.56. The van der Waals surface area contributed by atoms with Gasteiger partial charge >= 0.3 is 12.0 Å². The Morgan fingerprint density at radius 3 is 2.83 bits per heavy atom. The van der Waals surface area contributed by atoms with Gasteiger partial charge < -0.3 is 20.5 Å². The Morgan fingerprint density at radius 1 is 1.61 bits per heavy atom. The number of rotatable bonds is 6. The van der Waals surface area contributed by atoms with E-state index in [2.05, 4.69) is 17.2 Å². The molecule has 1 aliphatic rings. The number of hydrogen-bond acceptors (Lipinski definition) is 3. The zero-order valence-corrected chi connectivity index (χ0v) is 10.5. The van der Waals surface area contributed by atoms with Crippen molar-refractivity contribution in [2.24, 2.45) is 5.92 Å². The molecule has 0 aromatic rings. The molecule has 0 aromatic heterocycles. The minimum atomic E-state index is -1.07. The van der Waals surface area contributed by atoms with Crippen molar-refractivity contribution in [3.63, 3.8) is 0 Å². The predicted octanol–water partition coefficient (Wildman–Crippen LogP) is 0.740. The predicted molar refractivity (Wildman–Crippen MR) is 66.3 cm³/mol. The van der Waals surface area contributed by atoms with Gasteiger partial charge in [0.25, 0.3) is 0 Å². The fraction of sp³-hybridized carbons (Fsp3) is 0.667. The molecule has 102 valence electrons. The molecule has 18 heavy (non-hydrogen) atoms. The summed E-state index contributed by atoms with van der Waals surface area (Å²) in [6.45, 7) is 6.63. The highest BCUT2D eigenvalue weighted by molar-refractivity contribution is 5.82. The third-order valence-corrected chi connectivity index (χ3v) is 3.06. The second kappa shape index (κ2) is 7.00. The Labute approximate surface area is 106 Å². The highest BCUT2D eigenvalue weighted by atomic mass is 16.5. The van der Waals surface area contributed by atoms with E-state index < -0.39 is 18.0 Å². The number of carbonyl (C=O) groups excluding carboxylic acids is 1. The average Bonchev–Trinajstić information content (AvgIpc) is 2.71. The molecule has 0 spiro atoms. The Kier molecular flexibility index (Phi) is 5.64. The minimum Gasteiger partial charge on any atom is -0.480 e. The Bertz CT molecular complexity index is 319. The number of hydrogen-bond donors (Lipinski definition) is 3. The van der Waals surface area contributed by atoms with Gasteiger partial charge in [0.2, 0.25) is 0 Å². The Balaban J connectivity index is 2.31. The molecule has 6 nitrogen and oxygen atoms in total. The third kappa shape index (κ3) is 4.37. The van der Waals surface area contributed by atoms with Crippen LogP contribution in [0.3, 0.4) is 0 Å². The molecule has 0 saturated carbocycles. The lowest BCUT2D eigenvalue weighted by atomic mass is 10.0. The van der Waals surface area contributed by atoms with E-state index in [0.29, 0.717) is 19.1 Å². The number of amides is 2. The molecule has 3 unspecified atom stereocenters. The molecule has 6 heteroatoms. The van der Waals surface area contributed by atoms with Gasteiger partial charge in [0.15, 0.2) is 0 Å². The quantitative estimate of drug-likeness (QED) is 0.612. The van der Waals surface area contributed by atoms with Gasteiger partial charge in [-0.2, -0.15) is 0 Å². The number of ether oxygens (including phenoxy) is 1. The van der Waals surface area contributed by atoms with Crippen LogP contribution in [0.25, 0.3) is 0 Å². The van der Waals surface area contributed by atoms with Crippen LogP contribution in [0, 0.1) is 5.92 Å². The van der Waals surface area contributed by atoms with E-state index in [9.17, 15) is 9.59 Å². The molecule has 2 amide bonds. The lowest BCUT2D eigenvalue weighted by Crippen LogP contribution is -2.47. The monoisotopic (exact) mass is 256 g/mol. The first-order chi connectivity index (χ1) is 8.54. The van der Waals surface area contributed by atoms with Crippen LogP contribution in [0.1, 0.15) is 19.8 Å². The summed E-state index contributed by atoms with van der Waals surface area (Å²) in [5, 5.41) is 13.9. The van der Waals surface area contributed by atoms with E-state index in [-0.39, 0.29) is 12.5 Å². The molecule has 3 N–H and O–H groups in total. The molecule has 0 aliphatic carbocycles. The van der Waals surface area contributed by atoms with Gasteiger partial charge in [-0.25, -0.2) is 9.59 Å². The second-order valence-electron chi connectivity index (χ2n) is 4.39. The number of carbonyl (C=O) groups is 2. The third-order valence-electron chi connectivity index (χ3n) is 3.06. The maximum Gasteiger partial charge on any atom is 0.326 e. The van der Waals surface area contributed by atoms with Crippen LogP contribution in [0.15, 0.2) is 12.7 Å². The van der Waals surface area contributed by atoms with Crippen molar-refractivity contribution < 1.29 is 19.4 Å². The molecule has 1 aliphatic heterocycles. The SMILES string of the molecule is C=CCC(NC(=O)NCC1CCOC1C)C(=O)O. The van der Waals surface area contributed by atoms with Crippen LogP contribution in [0.4, 0.5) is 4.79 Å². The van der Waals surface area contributed by atoms with E-state index >= 15 is 0 Å². The summed E-state index contributed by atoms with van der Waals surface area (Å²) in [4.78, 5) is 22.4. The van der Waals surface area contributed by atoms with Gasteiger partial charge in [-0.3, -0.25) is 0 Å². The molecule has 0 radical (unpaired) electrons. The summed E-state index contributed by atoms with van der Waals surface area (Å²) in [6.07, 6.45) is 2.71. The summed E-state index contributed by atoms with van der Waals surface area (Å²) < 4.78 is 5.38. The van der Waals surface area contributed by atoms with Gasteiger partial charge in [-0.1, -0.05) is 6.08 Å². The van der Waals surface area contributed by atoms with E-state index in [4.69, 9.17) is 9.84 Å². The summed E-state index contributed by atoms with van der Waals surface area (Å²) >= 11 is 0. The van der Waals surface area contributed by atoms with Crippen molar-refractivity contribution in [1.29, 1.82) is 0 Å². The highest BCUT2D eigenvalue weighted by Gasteiger charge is 2.25. The summed E-state index contributed by atoms with van der Waals surface area (Å²) in [5.74, 6) is -0.777. The van der Waals surface area contributed by atoms with Gasteiger partial charge in [-0.15, -0.1) is 6.58 Å². The minimum absolute atomic E-state index is 0.133. The van der Waals surface area contributed by atoms with Gasteiger partial charge in [0.1, 0.15) is 6.04 Å². The van der Waals surface area contributed by atoms with E-state index in [0.717, 1.165) is 6.42 Å². The maximum atomic E-state index is 11.5. The van der Waals surface area contributed by atoms with Crippen LogP contribution in [0.2, 0.25) is 0 Å². The largest absolute Gasteiger partial charge is 0.480 e. The van der Waals surface area contributed by atoms with Crippen molar-refractivity contribution in [3.05, 3.63) is 12.7 Å². The first-order valence-electron chi connectivity index (χ1n) is 6.04. The summed E-state index contributed by atoms with van der Waals surface area (Å²) in [5.41, 5.74) is 0. The molecular weight excluding hydrogens is 236 g/mol. The molecule has 0 bridgehead atoms. The number of carboxylic acid groups (broad SMARTS) is 1. The van der Waals surface area contributed by atoms with Crippen molar-refractivity contribution in [2.75, 3.05) is 13.2 Å². The smallest absolute Gasteiger partial charge is 0.326 e. The topological polar surface area (TPSA) is 87.7 Å². The van der Waals surface area contributed by atoms with Crippen molar-refractivity contribution in [2.45, 2.75) is 31.9 Å². The molecule has 3 atom stereocenters. The fourth-order valence-electron chi connectivity index (χ4n) is 1.87. The zero-order valence-electron chi connectivity index (χ0n) is 10.5. The van der Waals surface area contributed by atoms with E-state index in [1.54, 1.807) is 0 Å². The number of urea groups is 1. The first-order valence-corrected chi connectivity index (χ1v) is 6.04. The van der Waals surface area contributed by atoms with Crippen molar-refractivity contribution >= 4 is 12.0 Å². The normalized spacial score (nSPS) is 24.3. The first kappa shape index (κ1) is 14.5. The standard InChI is InChI=1S/C12H20N2O4/c1-3-4-10(11(15)16)14-12(17)13-7-9-5-6-18-8(9)2/h3,8-10H,1,4-7H2,2H3,(H,15,16)(H2,13,14,17). The average molecular weight is 256 g/mol. The van der Waals surface area contributed by atoms with Crippen molar-refractivity contribution in [1.82, 2.24) is 10.6 Å². The van der Waals surface area contributed by atoms with E-state index in [1.807, 2.05) is 6.92 Å². The summed E-state index contributed by atoms with van der Waals surface area (Å²) in [6, 6.07) is -1.40. The lowest BCUT2D eigenvalue weighted by Gasteiger charge is -2.17.